The molecule has 0 spiro atoms. The lowest BCUT2D eigenvalue weighted by molar-refractivity contribution is 0.0513. The molecule has 0 saturated heterocycles. The van der Waals surface area contributed by atoms with E-state index in [-0.39, 0.29) is 6.10 Å². The fraction of sp³-hybridized carbons (Fsp3) is 0.375. The van der Waals surface area contributed by atoms with E-state index in [1.807, 2.05) is 25.1 Å². The van der Waals surface area contributed by atoms with Crippen LogP contribution >= 0.6 is 0 Å². The number of hydrogen-bond donors (Lipinski definition) is 1. The molecule has 0 fully saturated rings. The molecule has 3 aromatic rings. The normalized spacial score (nSPS) is 16.8. The van der Waals surface area contributed by atoms with Gasteiger partial charge in [-0.15, -0.1) is 0 Å². The van der Waals surface area contributed by atoms with Gasteiger partial charge in [0.25, 0.3) is 0 Å². The molecular formula is C16H18N6O2. The average molecular weight is 326 g/mol. The third-order valence-electron chi connectivity index (χ3n) is 4.07. The highest BCUT2D eigenvalue weighted by atomic mass is 16.6. The van der Waals surface area contributed by atoms with E-state index in [9.17, 15) is 0 Å². The van der Waals surface area contributed by atoms with E-state index < -0.39 is 0 Å². The zero-order valence-corrected chi connectivity index (χ0v) is 13.6. The molecule has 0 aliphatic carbocycles. The van der Waals surface area contributed by atoms with Gasteiger partial charge in [-0.1, -0.05) is 24.3 Å². The fourth-order valence-electron chi connectivity index (χ4n) is 2.89. The van der Waals surface area contributed by atoms with Crippen LogP contribution in [0.1, 0.15) is 17.2 Å². The van der Waals surface area contributed by atoms with Crippen molar-refractivity contribution in [3.05, 3.63) is 35.4 Å². The van der Waals surface area contributed by atoms with Crippen molar-refractivity contribution in [2.24, 2.45) is 0 Å². The number of anilines is 2. The summed E-state index contributed by atoms with van der Waals surface area (Å²) >= 11 is 0. The summed E-state index contributed by atoms with van der Waals surface area (Å²) < 4.78 is 10.6. The van der Waals surface area contributed by atoms with Gasteiger partial charge in [0.05, 0.1) is 12.7 Å². The van der Waals surface area contributed by atoms with Crippen molar-refractivity contribution in [3.8, 4) is 0 Å². The van der Waals surface area contributed by atoms with E-state index >= 15 is 0 Å². The third-order valence-corrected chi connectivity index (χ3v) is 4.07. The number of benzene rings is 1. The predicted molar refractivity (Wildman–Crippen MR) is 89.0 cm³/mol. The summed E-state index contributed by atoms with van der Waals surface area (Å²) in [6.07, 6.45) is 0.935. The van der Waals surface area contributed by atoms with Crippen LogP contribution in [-0.4, -0.2) is 47.5 Å². The fourth-order valence-corrected chi connectivity index (χ4v) is 2.89. The van der Waals surface area contributed by atoms with Crippen molar-refractivity contribution in [2.75, 3.05) is 37.5 Å². The predicted octanol–water partition coefficient (Wildman–Crippen LogP) is 1.80. The highest BCUT2D eigenvalue weighted by Crippen LogP contribution is 2.28. The van der Waals surface area contributed by atoms with Gasteiger partial charge in [-0.05, 0) is 27.9 Å². The molecule has 1 atom stereocenters. The van der Waals surface area contributed by atoms with Crippen LogP contribution < -0.4 is 10.2 Å². The quantitative estimate of drug-likeness (QED) is 0.776. The number of hydrogen-bond acceptors (Lipinski definition) is 8. The molecule has 1 aromatic carbocycles. The Balaban J connectivity index is 1.60. The molecule has 0 bridgehead atoms. The number of fused-ring (bicyclic) bond motifs is 2. The first-order chi connectivity index (χ1) is 11.7. The van der Waals surface area contributed by atoms with Gasteiger partial charge in [0.15, 0.2) is 11.6 Å². The molecule has 4 rings (SSSR count). The van der Waals surface area contributed by atoms with E-state index in [1.165, 1.54) is 11.1 Å². The minimum atomic E-state index is -0.0158. The van der Waals surface area contributed by atoms with Crippen LogP contribution in [0, 0.1) is 0 Å². The van der Waals surface area contributed by atoms with Crippen molar-refractivity contribution in [1.82, 2.24) is 20.3 Å². The van der Waals surface area contributed by atoms with Gasteiger partial charge in [-0.25, -0.2) is 14.6 Å². The van der Waals surface area contributed by atoms with Gasteiger partial charge < -0.3 is 15.0 Å². The van der Waals surface area contributed by atoms with E-state index in [2.05, 4.69) is 43.8 Å². The Morgan fingerprint density at radius 1 is 1.17 bits per heavy atom. The Morgan fingerprint density at radius 3 is 2.79 bits per heavy atom. The Bertz CT molecular complexity index is 863. The maximum atomic E-state index is 5.93. The van der Waals surface area contributed by atoms with Gasteiger partial charge in [0, 0.05) is 20.6 Å². The Hall–Kier alpha value is -2.74. The molecule has 124 valence electrons. The van der Waals surface area contributed by atoms with Crippen LogP contribution in [0.3, 0.4) is 0 Å². The molecule has 1 N–H and O–H groups in total. The first-order valence-electron chi connectivity index (χ1n) is 7.83. The molecule has 0 saturated carbocycles. The SMILES string of the molecule is CN(C)c1nc2nonc2nc1NCC1OCCc2ccccc21. The van der Waals surface area contributed by atoms with Crippen molar-refractivity contribution >= 4 is 22.9 Å². The molecule has 0 radical (unpaired) electrons. The minimum Gasteiger partial charge on any atom is -0.371 e. The molecule has 1 unspecified atom stereocenters. The highest BCUT2D eigenvalue weighted by molar-refractivity contribution is 5.73. The summed E-state index contributed by atoms with van der Waals surface area (Å²) in [6.45, 7) is 1.32. The first-order valence-corrected chi connectivity index (χ1v) is 7.83. The van der Waals surface area contributed by atoms with Gasteiger partial charge in [-0.2, -0.15) is 0 Å². The Kier molecular flexibility index (Phi) is 3.73. The molecular weight excluding hydrogens is 308 g/mol. The lowest BCUT2D eigenvalue weighted by Crippen LogP contribution is -2.24. The standard InChI is InChI=1S/C16H18N6O2/c1-22(2)16-15(18-13-14(19-16)21-24-20-13)17-9-12-11-6-4-3-5-10(11)7-8-23-12/h3-6,12H,7-9H2,1-2H3,(H,17,18,20). The molecule has 2 aromatic heterocycles. The number of aromatic nitrogens is 4. The third kappa shape index (κ3) is 2.65. The zero-order valence-electron chi connectivity index (χ0n) is 13.6. The number of rotatable bonds is 4. The topological polar surface area (TPSA) is 89.2 Å². The van der Waals surface area contributed by atoms with Crippen molar-refractivity contribution in [2.45, 2.75) is 12.5 Å². The molecule has 1 aliphatic heterocycles. The molecule has 24 heavy (non-hydrogen) atoms. The van der Waals surface area contributed by atoms with E-state index in [0.29, 0.717) is 29.5 Å². The lowest BCUT2D eigenvalue weighted by atomic mass is 9.97. The Morgan fingerprint density at radius 2 is 1.96 bits per heavy atom. The Labute approximate surface area is 138 Å². The second kappa shape index (κ2) is 6.04. The number of nitrogens with one attached hydrogen (secondary N) is 1. The molecule has 8 nitrogen and oxygen atoms in total. The first kappa shape index (κ1) is 14.8. The maximum absolute atomic E-state index is 5.93. The number of nitrogens with zero attached hydrogens (tertiary/aromatic N) is 5. The summed E-state index contributed by atoms with van der Waals surface area (Å²) in [6, 6.07) is 8.38. The lowest BCUT2D eigenvalue weighted by Gasteiger charge is -2.27. The van der Waals surface area contributed by atoms with Gasteiger partial charge >= 0.3 is 0 Å². The van der Waals surface area contributed by atoms with E-state index in [1.54, 1.807) is 0 Å². The van der Waals surface area contributed by atoms with Gasteiger partial charge in [0.1, 0.15) is 0 Å². The second-order valence-corrected chi connectivity index (χ2v) is 5.89. The van der Waals surface area contributed by atoms with Crippen LogP contribution in [0.5, 0.6) is 0 Å². The minimum absolute atomic E-state index is 0.0158. The average Bonchev–Trinajstić information content (AvgIpc) is 3.06. The highest BCUT2D eigenvalue weighted by Gasteiger charge is 2.21. The summed E-state index contributed by atoms with van der Waals surface area (Å²) in [5, 5.41) is 10.8. The van der Waals surface area contributed by atoms with Gasteiger partial charge in [0.2, 0.25) is 11.3 Å². The van der Waals surface area contributed by atoms with Crippen molar-refractivity contribution < 1.29 is 9.37 Å². The molecule has 3 heterocycles. The maximum Gasteiger partial charge on any atom is 0.245 e. The zero-order chi connectivity index (χ0) is 16.5. The monoisotopic (exact) mass is 326 g/mol. The van der Waals surface area contributed by atoms with E-state index in [4.69, 9.17) is 9.37 Å². The second-order valence-electron chi connectivity index (χ2n) is 5.89. The molecule has 0 amide bonds. The van der Waals surface area contributed by atoms with E-state index in [0.717, 1.165) is 13.0 Å². The van der Waals surface area contributed by atoms with Gasteiger partial charge in [-0.3, -0.25) is 0 Å². The molecule has 8 heteroatoms. The summed E-state index contributed by atoms with van der Waals surface area (Å²) in [7, 11) is 3.81. The summed E-state index contributed by atoms with van der Waals surface area (Å²) in [4.78, 5) is 10.8. The molecule has 1 aliphatic rings. The van der Waals surface area contributed by atoms with Crippen LogP contribution in [0.15, 0.2) is 28.9 Å². The summed E-state index contributed by atoms with van der Waals surface area (Å²) in [5.41, 5.74) is 3.34. The van der Waals surface area contributed by atoms with Crippen LogP contribution in [0.25, 0.3) is 11.3 Å². The van der Waals surface area contributed by atoms with Crippen molar-refractivity contribution in [1.29, 1.82) is 0 Å². The van der Waals surface area contributed by atoms with Crippen LogP contribution in [0.4, 0.5) is 11.6 Å². The largest absolute Gasteiger partial charge is 0.371 e. The smallest absolute Gasteiger partial charge is 0.245 e. The van der Waals surface area contributed by atoms with Crippen LogP contribution in [0.2, 0.25) is 0 Å². The van der Waals surface area contributed by atoms with Crippen LogP contribution in [-0.2, 0) is 11.2 Å². The van der Waals surface area contributed by atoms with Crippen molar-refractivity contribution in [3.63, 3.8) is 0 Å². The summed E-state index contributed by atoms with van der Waals surface area (Å²) in [5.74, 6) is 1.32. The number of ether oxygens (including phenoxy) is 1.